The van der Waals surface area contributed by atoms with Crippen LogP contribution in [0.3, 0.4) is 0 Å². The third-order valence-electron chi connectivity index (χ3n) is 3.86. The van der Waals surface area contributed by atoms with Crippen molar-refractivity contribution in [3.05, 3.63) is 28.1 Å². The van der Waals surface area contributed by atoms with E-state index in [2.05, 4.69) is 45.1 Å². The molecule has 1 N–H and O–H groups in total. The fourth-order valence-corrected chi connectivity index (χ4v) is 2.93. The van der Waals surface area contributed by atoms with E-state index in [1.165, 1.54) is 28.1 Å². The van der Waals surface area contributed by atoms with Crippen LogP contribution in [0.4, 0.5) is 0 Å². The van der Waals surface area contributed by atoms with Crippen LogP contribution in [-0.4, -0.2) is 17.4 Å². The molecule has 116 valence electrons. The maximum Gasteiger partial charge on any atom is 0.153 e. The molecule has 2 heterocycles. The molecule has 0 spiro atoms. The Morgan fingerprint density at radius 2 is 1.86 bits per heavy atom. The second kappa shape index (κ2) is 6.56. The summed E-state index contributed by atoms with van der Waals surface area (Å²) in [6, 6.07) is 0. The van der Waals surface area contributed by atoms with Crippen LogP contribution in [0.2, 0.25) is 0 Å². The summed E-state index contributed by atoms with van der Waals surface area (Å²) in [7, 11) is 0. The zero-order valence-corrected chi connectivity index (χ0v) is 14.1. The highest BCUT2D eigenvalue weighted by Gasteiger charge is 2.28. The standard InChI is InChI=1S/C17H27N3O/c1-7-13-12-9-18-17(20-21-8-2)15(12)14(10(3)4)16(19-13)11(5)6/h10-11H,7-9H2,1-6H3,(H,18,20). The summed E-state index contributed by atoms with van der Waals surface area (Å²) in [4.78, 5) is 15.0. The Kier molecular flexibility index (Phi) is 4.99. The first-order valence-electron chi connectivity index (χ1n) is 7.99. The van der Waals surface area contributed by atoms with Gasteiger partial charge in [-0.15, -0.1) is 0 Å². The molecule has 4 nitrogen and oxygen atoms in total. The number of hydrogen-bond acceptors (Lipinski definition) is 4. The Balaban J connectivity index is 2.62. The topological polar surface area (TPSA) is 46.5 Å². The highest BCUT2D eigenvalue weighted by molar-refractivity contribution is 6.03. The summed E-state index contributed by atoms with van der Waals surface area (Å²) in [6.45, 7) is 14.3. The molecule has 0 amide bonds. The largest absolute Gasteiger partial charge is 0.275 e. The number of rotatable bonds is 5. The molecular formula is C17H27N3O. The molecule has 1 aromatic heterocycles. The van der Waals surface area contributed by atoms with E-state index in [0.29, 0.717) is 25.0 Å². The number of nitrogens with one attached hydrogen (secondary N) is 1. The first kappa shape index (κ1) is 16.0. The van der Waals surface area contributed by atoms with E-state index >= 15 is 0 Å². The molecule has 21 heavy (non-hydrogen) atoms. The normalized spacial score (nSPS) is 13.8. The van der Waals surface area contributed by atoms with E-state index in [4.69, 9.17) is 9.82 Å². The van der Waals surface area contributed by atoms with Crippen molar-refractivity contribution in [2.75, 3.05) is 6.61 Å². The molecule has 0 saturated carbocycles. The van der Waals surface area contributed by atoms with Crippen molar-refractivity contribution in [2.45, 2.75) is 66.3 Å². The van der Waals surface area contributed by atoms with Gasteiger partial charge in [-0.2, -0.15) is 0 Å². The van der Waals surface area contributed by atoms with E-state index in [-0.39, 0.29) is 0 Å². The molecule has 0 saturated heterocycles. The monoisotopic (exact) mass is 289 g/mol. The quantitative estimate of drug-likeness (QED) is 0.841. The van der Waals surface area contributed by atoms with Crippen LogP contribution in [0.5, 0.6) is 0 Å². The summed E-state index contributed by atoms with van der Waals surface area (Å²) in [5.74, 6) is 1.70. The third-order valence-corrected chi connectivity index (χ3v) is 3.86. The average molecular weight is 289 g/mol. The molecule has 0 bridgehead atoms. The number of pyridine rings is 1. The van der Waals surface area contributed by atoms with E-state index in [0.717, 1.165) is 12.3 Å². The minimum atomic E-state index is 0.409. The lowest BCUT2D eigenvalue weighted by molar-refractivity contribution is 0.0973. The average Bonchev–Trinajstić information content (AvgIpc) is 2.86. The van der Waals surface area contributed by atoms with Crippen molar-refractivity contribution in [2.24, 2.45) is 4.99 Å². The van der Waals surface area contributed by atoms with Crippen LogP contribution in [0.15, 0.2) is 4.99 Å². The highest BCUT2D eigenvalue weighted by Crippen LogP contribution is 2.34. The van der Waals surface area contributed by atoms with Crippen molar-refractivity contribution in [3.8, 4) is 0 Å². The maximum atomic E-state index is 5.38. The van der Waals surface area contributed by atoms with E-state index in [1.807, 2.05) is 6.92 Å². The number of fused-ring (bicyclic) bond motifs is 1. The van der Waals surface area contributed by atoms with Crippen LogP contribution >= 0.6 is 0 Å². The van der Waals surface area contributed by atoms with Crippen molar-refractivity contribution >= 4 is 5.84 Å². The van der Waals surface area contributed by atoms with Crippen LogP contribution in [0, 0.1) is 0 Å². The molecule has 4 heteroatoms. The minimum Gasteiger partial charge on any atom is -0.275 e. The lowest BCUT2D eigenvalue weighted by Crippen LogP contribution is -2.26. The number of aromatic nitrogens is 1. The minimum absolute atomic E-state index is 0.409. The van der Waals surface area contributed by atoms with E-state index in [1.54, 1.807) is 0 Å². The Bertz CT molecular complexity index is 547. The van der Waals surface area contributed by atoms with Gasteiger partial charge in [0.05, 0.1) is 13.2 Å². The van der Waals surface area contributed by atoms with E-state index < -0.39 is 0 Å². The SMILES string of the molecule is CCONC1=NCc2c(CC)nc(C(C)C)c(C(C)C)c21. The molecule has 0 fully saturated rings. The Hall–Kier alpha value is -1.42. The van der Waals surface area contributed by atoms with Gasteiger partial charge in [-0.3, -0.25) is 14.8 Å². The van der Waals surface area contributed by atoms with Gasteiger partial charge >= 0.3 is 0 Å². The Morgan fingerprint density at radius 1 is 1.14 bits per heavy atom. The molecule has 0 atom stereocenters. The predicted molar refractivity (Wildman–Crippen MR) is 86.8 cm³/mol. The number of nitrogens with zero attached hydrogens (tertiary/aromatic N) is 2. The summed E-state index contributed by atoms with van der Waals surface area (Å²) < 4.78 is 0. The summed E-state index contributed by atoms with van der Waals surface area (Å²) in [5.41, 5.74) is 9.22. The van der Waals surface area contributed by atoms with Gasteiger partial charge < -0.3 is 0 Å². The smallest absolute Gasteiger partial charge is 0.153 e. The van der Waals surface area contributed by atoms with Crippen molar-refractivity contribution in [3.63, 3.8) is 0 Å². The second-order valence-electron chi connectivity index (χ2n) is 6.07. The predicted octanol–water partition coefficient (Wildman–Crippen LogP) is 3.69. The molecule has 2 rings (SSSR count). The first-order valence-corrected chi connectivity index (χ1v) is 7.99. The fourth-order valence-electron chi connectivity index (χ4n) is 2.93. The summed E-state index contributed by atoms with van der Waals surface area (Å²) in [6.07, 6.45) is 0.942. The lowest BCUT2D eigenvalue weighted by atomic mass is 9.87. The molecule has 0 unspecified atom stereocenters. The van der Waals surface area contributed by atoms with Gasteiger partial charge in [-0.25, -0.2) is 5.48 Å². The van der Waals surface area contributed by atoms with Gasteiger partial charge in [0.15, 0.2) is 5.84 Å². The van der Waals surface area contributed by atoms with Gasteiger partial charge in [0.1, 0.15) is 0 Å². The second-order valence-corrected chi connectivity index (χ2v) is 6.07. The van der Waals surface area contributed by atoms with Crippen LogP contribution < -0.4 is 5.48 Å². The molecular weight excluding hydrogens is 262 g/mol. The van der Waals surface area contributed by atoms with Gasteiger partial charge in [0, 0.05) is 22.5 Å². The Labute approximate surface area is 128 Å². The zero-order chi connectivity index (χ0) is 15.6. The van der Waals surface area contributed by atoms with Crippen LogP contribution in [-0.2, 0) is 17.8 Å². The number of aliphatic imine (C=N–C) groups is 1. The first-order chi connectivity index (χ1) is 10.0. The number of hydroxylamine groups is 1. The number of amidine groups is 1. The highest BCUT2D eigenvalue weighted by atomic mass is 16.6. The van der Waals surface area contributed by atoms with Gasteiger partial charge in [-0.05, 0) is 30.7 Å². The molecule has 1 aromatic rings. The molecule has 0 aromatic carbocycles. The third kappa shape index (κ3) is 2.95. The van der Waals surface area contributed by atoms with Crippen molar-refractivity contribution in [1.29, 1.82) is 0 Å². The van der Waals surface area contributed by atoms with Crippen LogP contribution in [0.25, 0.3) is 0 Å². The van der Waals surface area contributed by atoms with Gasteiger partial charge in [0.25, 0.3) is 0 Å². The summed E-state index contributed by atoms with van der Waals surface area (Å²) in [5, 5.41) is 0. The van der Waals surface area contributed by atoms with E-state index in [9.17, 15) is 0 Å². The molecule has 1 aliphatic rings. The molecule has 0 aliphatic carbocycles. The molecule has 0 radical (unpaired) electrons. The van der Waals surface area contributed by atoms with Gasteiger partial charge in [0.2, 0.25) is 0 Å². The van der Waals surface area contributed by atoms with Crippen molar-refractivity contribution < 1.29 is 4.84 Å². The zero-order valence-electron chi connectivity index (χ0n) is 14.1. The van der Waals surface area contributed by atoms with Crippen LogP contribution in [0.1, 0.15) is 81.5 Å². The maximum absolute atomic E-state index is 5.38. The lowest BCUT2D eigenvalue weighted by Gasteiger charge is -2.22. The number of aryl methyl sites for hydroxylation is 1. The molecule has 1 aliphatic heterocycles. The number of hydrogen-bond donors (Lipinski definition) is 1. The fraction of sp³-hybridized carbons (Fsp3) is 0.647. The Morgan fingerprint density at radius 3 is 2.38 bits per heavy atom. The van der Waals surface area contributed by atoms with Gasteiger partial charge in [-0.1, -0.05) is 34.6 Å². The van der Waals surface area contributed by atoms with Crippen molar-refractivity contribution in [1.82, 2.24) is 10.5 Å². The summed E-state index contributed by atoms with van der Waals surface area (Å²) >= 11 is 0.